The Balaban J connectivity index is 2.69. The minimum atomic E-state index is -1.14. The fourth-order valence-corrected chi connectivity index (χ4v) is 2.50. The van der Waals surface area contributed by atoms with E-state index in [1.54, 1.807) is 20.9 Å². The SMILES string of the molecule is CCOC1(C)C(=O)N(C)c2cc([N+](=O)[O-])c(OC)cc21. The van der Waals surface area contributed by atoms with Crippen LogP contribution in [0.3, 0.4) is 0 Å². The van der Waals surface area contributed by atoms with Crippen LogP contribution >= 0.6 is 0 Å². The molecule has 7 heteroatoms. The highest BCUT2D eigenvalue weighted by Gasteiger charge is 2.48. The summed E-state index contributed by atoms with van der Waals surface area (Å²) in [7, 11) is 2.93. The Labute approximate surface area is 116 Å². The van der Waals surface area contributed by atoms with Crippen molar-refractivity contribution >= 4 is 17.3 Å². The normalized spacial score (nSPS) is 21.0. The zero-order chi connectivity index (χ0) is 15.1. The molecule has 0 saturated carbocycles. The number of benzene rings is 1. The molecule has 0 fully saturated rings. The van der Waals surface area contributed by atoms with Crippen LogP contribution in [0.1, 0.15) is 19.4 Å². The maximum absolute atomic E-state index is 12.3. The third-order valence-corrected chi connectivity index (χ3v) is 3.51. The lowest BCUT2D eigenvalue weighted by molar-refractivity contribution is -0.385. The molecule has 1 aliphatic heterocycles. The average Bonchev–Trinajstić information content (AvgIpc) is 2.60. The number of carbonyl (C=O) groups is 1. The van der Waals surface area contributed by atoms with Crippen LogP contribution in [-0.4, -0.2) is 31.6 Å². The lowest BCUT2D eigenvalue weighted by Crippen LogP contribution is -2.38. The second kappa shape index (κ2) is 4.75. The number of nitro groups is 1. The van der Waals surface area contributed by atoms with E-state index in [-0.39, 0.29) is 17.3 Å². The molecule has 0 radical (unpaired) electrons. The highest BCUT2D eigenvalue weighted by Crippen LogP contribution is 2.46. The van der Waals surface area contributed by atoms with Gasteiger partial charge >= 0.3 is 5.69 Å². The zero-order valence-electron chi connectivity index (χ0n) is 11.8. The van der Waals surface area contributed by atoms with Crippen LogP contribution in [-0.2, 0) is 15.1 Å². The summed E-state index contributed by atoms with van der Waals surface area (Å²) in [4.78, 5) is 24.2. The van der Waals surface area contributed by atoms with E-state index in [9.17, 15) is 14.9 Å². The molecule has 1 heterocycles. The predicted molar refractivity (Wildman–Crippen MR) is 72.0 cm³/mol. The van der Waals surface area contributed by atoms with E-state index in [4.69, 9.17) is 9.47 Å². The molecule has 0 aromatic heterocycles. The molecule has 1 aliphatic rings. The molecular weight excluding hydrogens is 264 g/mol. The monoisotopic (exact) mass is 280 g/mol. The minimum absolute atomic E-state index is 0.114. The van der Waals surface area contributed by atoms with Crippen LogP contribution in [0.25, 0.3) is 0 Å². The molecule has 1 aromatic carbocycles. The van der Waals surface area contributed by atoms with Gasteiger partial charge in [-0.05, 0) is 19.9 Å². The molecule has 20 heavy (non-hydrogen) atoms. The molecule has 0 spiro atoms. The Morgan fingerprint density at radius 2 is 2.10 bits per heavy atom. The lowest BCUT2D eigenvalue weighted by atomic mass is 9.96. The number of fused-ring (bicyclic) bond motifs is 1. The number of nitrogens with zero attached hydrogens (tertiary/aromatic N) is 2. The number of anilines is 1. The van der Waals surface area contributed by atoms with Gasteiger partial charge < -0.3 is 14.4 Å². The molecule has 0 N–H and O–H groups in total. The summed E-state index contributed by atoms with van der Waals surface area (Å²) in [6.07, 6.45) is 0. The maximum Gasteiger partial charge on any atom is 0.313 e. The number of hydrogen-bond acceptors (Lipinski definition) is 5. The standard InChI is InChI=1S/C13H16N2O5/c1-5-20-13(2)8-6-11(19-4)10(15(17)18)7-9(8)14(3)12(13)16/h6-7H,5H2,1-4H3. The third-order valence-electron chi connectivity index (χ3n) is 3.51. The first-order chi connectivity index (χ1) is 9.36. The number of rotatable bonds is 4. The molecule has 1 atom stereocenters. The van der Waals surface area contributed by atoms with E-state index < -0.39 is 10.5 Å². The van der Waals surface area contributed by atoms with Crippen molar-refractivity contribution in [1.82, 2.24) is 0 Å². The fourth-order valence-electron chi connectivity index (χ4n) is 2.50. The first-order valence-corrected chi connectivity index (χ1v) is 6.15. The van der Waals surface area contributed by atoms with Crippen LogP contribution in [0.2, 0.25) is 0 Å². The summed E-state index contributed by atoms with van der Waals surface area (Å²) in [5.74, 6) is -0.139. The van der Waals surface area contributed by atoms with Crippen LogP contribution in [0.5, 0.6) is 5.75 Å². The summed E-state index contributed by atoms with van der Waals surface area (Å²) in [6, 6.07) is 2.85. The highest BCUT2D eigenvalue weighted by atomic mass is 16.6. The van der Waals surface area contributed by atoms with Gasteiger partial charge in [-0.1, -0.05) is 0 Å². The number of amides is 1. The number of methoxy groups -OCH3 is 1. The average molecular weight is 280 g/mol. The summed E-state index contributed by atoms with van der Waals surface area (Å²) in [5.41, 5.74) is -0.263. The fraction of sp³-hybridized carbons (Fsp3) is 0.462. The molecule has 0 aliphatic carbocycles. The molecular formula is C13H16N2O5. The van der Waals surface area contributed by atoms with Crippen molar-refractivity contribution in [3.05, 3.63) is 27.8 Å². The Hall–Kier alpha value is -2.15. The van der Waals surface area contributed by atoms with E-state index in [0.717, 1.165) is 0 Å². The van der Waals surface area contributed by atoms with E-state index >= 15 is 0 Å². The van der Waals surface area contributed by atoms with Crippen molar-refractivity contribution in [2.45, 2.75) is 19.4 Å². The van der Waals surface area contributed by atoms with Crippen LogP contribution in [0.15, 0.2) is 12.1 Å². The molecule has 1 aromatic rings. The van der Waals surface area contributed by atoms with Crippen LogP contribution < -0.4 is 9.64 Å². The number of likely N-dealkylation sites (N-methyl/N-ethyl adjacent to an activating group) is 1. The molecule has 1 unspecified atom stereocenters. The van der Waals surface area contributed by atoms with Crippen molar-refractivity contribution in [1.29, 1.82) is 0 Å². The van der Waals surface area contributed by atoms with Gasteiger partial charge in [0.25, 0.3) is 5.91 Å². The van der Waals surface area contributed by atoms with E-state index in [1.807, 2.05) is 0 Å². The Kier molecular flexibility index (Phi) is 3.39. The van der Waals surface area contributed by atoms with Gasteiger partial charge in [0.1, 0.15) is 0 Å². The van der Waals surface area contributed by atoms with Gasteiger partial charge in [-0.15, -0.1) is 0 Å². The Bertz CT molecular complexity index is 586. The lowest BCUT2D eigenvalue weighted by Gasteiger charge is -2.23. The first kappa shape index (κ1) is 14.3. The molecule has 0 saturated heterocycles. The van der Waals surface area contributed by atoms with E-state index in [0.29, 0.717) is 17.9 Å². The second-order valence-corrected chi connectivity index (χ2v) is 4.63. The quantitative estimate of drug-likeness (QED) is 0.620. The van der Waals surface area contributed by atoms with Gasteiger partial charge in [0.05, 0.1) is 17.7 Å². The topological polar surface area (TPSA) is 81.9 Å². The summed E-state index contributed by atoms with van der Waals surface area (Å²) in [6.45, 7) is 3.81. The third kappa shape index (κ3) is 1.82. The van der Waals surface area contributed by atoms with Crippen molar-refractivity contribution in [2.24, 2.45) is 0 Å². The smallest absolute Gasteiger partial charge is 0.313 e. The van der Waals surface area contributed by atoms with Crippen molar-refractivity contribution < 1.29 is 19.2 Å². The van der Waals surface area contributed by atoms with Crippen molar-refractivity contribution in [3.8, 4) is 5.75 Å². The van der Waals surface area contributed by atoms with Gasteiger partial charge in [-0.2, -0.15) is 0 Å². The number of nitro benzene ring substituents is 1. The number of carbonyl (C=O) groups excluding carboxylic acids is 1. The van der Waals surface area contributed by atoms with E-state index in [2.05, 4.69) is 0 Å². The Morgan fingerprint density at radius 1 is 1.45 bits per heavy atom. The van der Waals surface area contributed by atoms with Gasteiger partial charge in [0.15, 0.2) is 11.4 Å². The van der Waals surface area contributed by atoms with Crippen molar-refractivity contribution in [2.75, 3.05) is 25.7 Å². The second-order valence-electron chi connectivity index (χ2n) is 4.63. The van der Waals surface area contributed by atoms with Gasteiger partial charge in [0.2, 0.25) is 0 Å². The molecule has 108 valence electrons. The summed E-state index contributed by atoms with van der Waals surface area (Å²) < 4.78 is 10.6. The summed E-state index contributed by atoms with van der Waals surface area (Å²) in [5, 5.41) is 11.0. The van der Waals surface area contributed by atoms with Gasteiger partial charge in [0, 0.05) is 25.3 Å². The zero-order valence-corrected chi connectivity index (χ0v) is 11.8. The van der Waals surface area contributed by atoms with Crippen molar-refractivity contribution in [3.63, 3.8) is 0 Å². The molecule has 1 amide bonds. The molecule has 2 rings (SSSR count). The van der Waals surface area contributed by atoms with Crippen LogP contribution in [0.4, 0.5) is 11.4 Å². The predicted octanol–water partition coefficient (Wildman–Crippen LogP) is 1.83. The first-order valence-electron chi connectivity index (χ1n) is 6.15. The Morgan fingerprint density at radius 3 is 2.60 bits per heavy atom. The number of ether oxygens (including phenoxy) is 2. The van der Waals surface area contributed by atoms with Gasteiger partial charge in [-0.3, -0.25) is 14.9 Å². The molecule has 0 bridgehead atoms. The number of hydrogen-bond donors (Lipinski definition) is 0. The van der Waals surface area contributed by atoms with Gasteiger partial charge in [-0.25, -0.2) is 0 Å². The maximum atomic E-state index is 12.3. The molecule has 7 nitrogen and oxygen atoms in total. The highest BCUT2D eigenvalue weighted by molar-refractivity contribution is 6.07. The largest absolute Gasteiger partial charge is 0.490 e. The minimum Gasteiger partial charge on any atom is -0.490 e. The summed E-state index contributed by atoms with van der Waals surface area (Å²) >= 11 is 0. The van der Waals surface area contributed by atoms with Crippen LogP contribution in [0, 0.1) is 10.1 Å². The van der Waals surface area contributed by atoms with E-state index in [1.165, 1.54) is 24.1 Å².